The fraction of sp³-hybridized carbons (Fsp3) is 0.500. The Morgan fingerprint density at radius 2 is 2.28 bits per heavy atom. The van der Waals surface area contributed by atoms with Crippen molar-refractivity contribution < 1.29 is 14.7 Å². The molecule has 1 amide bonds. The third-order valence-electron chi connectivity index (χ3n) is 3.69. The topological polar surface area (TPSA) is 60.9 Å². The van der Waals surface area contributed by atoms with Gasteiger partial charge in [-0.15, -0.1) is 0 Å². The number of hydrogen-bond acceptors (Lipinski definition) is 4. The summed E-state index contributed by atoms with van der Waals surface area (Å²) in [6, 6.07) is 1.96. The van der Waals surface area contributed by atoms with Gasteiger partial charge < -0.3 is 10.0 Å². The van der Waals surface area contributed by atoms with E-state index in [4.69, 9.17) is 5.11 Å². The minimum Gasteiger partial charge on any atom is -0.480 e. The number of fused-ring (bicyclic) bond motifs is 1. The van der Waals surface area contributed by atoms with E-state index in [1.54, 1.807) is 11.3 Å². The number of carbonyl (C=O) groups excluding carboxylic acids is 1. The molecule has 0 radical (unpaired) electrons. The van der Waals surface area contributed by atoms with E-state index in [-0.39, 0.29) is 24.3 Å². The number of hydrogen-bond donors (Lipinski definition) is 1. The Hall–Kier alpha value is -1.40. The van der Waals surface area contributed by atoms with Gasteiger partial charge in [0, 0.05) is 30.9 Å². The third-order valence-corrected chi connectivity index (χ3v) is 4.36. The minimum absolute atomic E-state index is 0.0238. The molecule has 3 rings (SSSR count). The van der Waals surface area contributed by atoms with E-state index in [1.807, 2.05) is 26.6 Å². The number of rotatable bonds is 3. The smallest absolute Gasteiger partial charge is 0.317 e. The molecule has 1 N–H and O–H groups in total. The van der Waals surface area contributed by atoms with Crippen LogP contribution in [0.5, 0.6) is 0 Å². The molecule has 2 aliphatic rings. The molecular weight excluding hydrogens is 252 g/mol. The molecule has 3 heterocycles. The molecule has 2 aliphatic heterocycles. The van der Waals surface area contributed by atoms with Gasteiger partial charge in [-0.3, -0.25) is 14.5 Å². The highest BCUT2D eigenvalue weighted by molar-refractivity contribution is 7.08. The summed E-state index contributed by atoms with van der Waals surface area (Å²) >= 11 is 1.58. The van der Waals surface area contributed by atoms with E-state index in [9.17, 15) is 9.59 Å². The first-order chi connectivity index (χ1) is 8.65. The van der Waals surface area contributed by atoms with Crippen molar-refractivity contribution in [2.45, 2.75) is 0 Å². The van der Waals surface area contributed by atoms with Gasteiger partial charge in [-0.25, -0.2) is 0 Å². The molecule has 5 nitrogen and oxygen atoms in total. The maximum absolute atomic E-state index is 12.3. The van der Waals surface area contributed by atoms with E-state index in [2.05, 4.69) is 0 Å². The maximum Gasteiger partial charge on any atom is 0.317 e. The van der Waals surface area contributed by atoms with Gasteiger partial charge in [0.2, 0.25) is 5.91 Å². The number of carboxylic acids is 1. The van der Waals surface area contributed by atoms with Crippen LogP contribution in [0.2, 0.25) is 0 Å². The Morgan fingerprint density at radius 1 is 1.44 bits per heavy atom. The van der Waals surface area contributed by atoms with Crippen molar-refractivity contribution in [1.82, 2.24) is 4.90 Å². The first-order valence-corrected chi connectivity index (χ1v) is 6.87. The van der Waals surface area contributed by atoms with Crippen LogP contribution in [0.1, 0.15) is 0 Å². The lowest BCUT2D eigenvalue weighted by Crippen LogP contribution is -2.34. The molecule has 2 atom stereocenters. The SMILES string of the molecule is O=C(O)CN1C[C@@H]2CN(c3ccsc3)C(=O)[C@@H]2C1. The standard InChI is InChI=1S/C12H14N2O3S/c15-11(16)6-13-3-8-4-14(9-1-2-18-7-9)12(17)10(8)5-13/h1-2,7-8,10H,3-6H2,(H,15,16)/t8-,10-/m1/s1. The van der Waals surface area contributed by atoms with Gasteiger partial charge in [-0.2, -0.15) is 11.3 Å². The number of carboxylic acid groups (broad SMARTS) is 1. The molecule has 96 valence electrons. The van der Waals surface area contributed by atoms with Crippen molar-refractivity contribution in [1.29, 1.82) is 0 Å². The Bertz CT molecular complexity index is 474. The summed E-state index contributed by atoms with van der Waals surface area (Å²) in [6.45, 7) is 2.05. The molecule has 0 aliphatic carbocycles. The highest BCUT2D eigenvalue weighted by Gasteiger charge is 2.46. The highest BCUT2D eigenvalue weighted by Crippen LogP contribution is 2.35. The lowest BCUT2D eigenvalue weighted by atomic mass is 10.0. The molecule has 1 aromatic heterocycles. The molecule has 6 heteroatoms. The number of anilines is 1. The van der Waals surface area contributed by atoms with Crippen molar-refractivity contribution in [3.63, 3.8) is 0 Å². The number of thiophene rings is 1. The second-order valence-corrected chi connectivity index (χ2v) is 5.66. The van der Waals surface area contributed by atoms with Crippen LogP contribution < -0.4 is 4.90 Å². The Kier molecular flexibility index (Phi) is 2.83. The Balaban J connectivity index is 1.70. The molecule has 0 bridgehead atoms. The summed E-state index contributed by atoms with van der Waals surface area (Å²) in [5.74, 6) is -0.426. The number of carbonyl (C=O) groups is 2. The van der Waals surface area contributed by atoms with Crippen LogP contribution in [0.25, 0.3) is 0 Å². The zero-order chi connectivity index (χ0) is 12.7. The lowest BCUT2D eigenvalue weighted by Gasteiger charge is -2.19. The lowest BCUT2D eigenvalue weighted by molar-refractivity contribution is -0.138. The van der Waals surface area contributed by atoms with Crippen LogP contribution in [0.15, 0.2) is 16.8 Å². The zero-order valence-corrected chi connectivity index (χ0v) is 10.6. The summed E-state index contributed by atoms with van der Waals surface area (Å²) in [4.78, 5) is 26.6. The van der Waals surface area contributed by atoms with Crippen molar-refractivity contribution in [2.75, 3.05) is 31.1 Å². The predicted octanol–water partition coefficient (Wildman–Crippen LogP) is 0.727. The van der Waals surface area contributed by atoms with Gasteiger partial charge in [0.1, 0.15) is 0 Å². The molecule has 2 saturated heterocycles. The Labute approximate surface area is 109 Å². The largest absolute Gasteiger partial charge is 0.480 e. The third kappa shape index (κ3) is 1.91. The van der Waals surface area contributed by atoms with Crippen molar-refractivity contribution in [2.24, 2.45) is 11.8 Å². The second kappa shape index (κ2) is 4.37. The molecular formula is C12H14N2O3S. The number of aliphatic carboxylic acids is 1. The molecule has 0 unspecified atom stereocenters. The molecule has 0 aromatic carbocycles. The summed E-state index contributed by atoms with van der Waals surface area (Å²) in [7, 11) is 0. The maximum atomic E-state index is 12.3. The molecule has 18 heavy (non-hydrogen) atoms. The van der Waals surface area contributed by atoms with E-state index in [0.29, 0.717) is 13.1 Å². The van der Waals surface area contributed by atoms with E-state index in [1.165, 1.54) is 0 Å². The van der Waals surface area contributed by atoms with Crippen molar-refractivity contribution >= 4 is 28.9 Å². The number of amides is 1. The summed E-state index contributed by atoms with van der Waals surface area (Å²) in [5, 5.41) is 12.7. The van der Waals surface area contributed by atoms with Gasteiger partial charge >= 0.3 is 5.97 Å². The quantitative estimate of drug-likeness (QED) is 0.876. The van der Waals surface area contributed by atoms with Gasteiger partial charge in [0.25, 0.3) is 0 Å². The normalized spacial score (nSPS) is 27.8. The van der Waals surface area contributed by atoms with E-state index >= 15 is 0 Å². The van der Waals surface area contributed by atoms with Gasteiger partial charge in [-0.05, 0) is 11.4 Å². The number of likely N-dealkylation sites (tertiary alicyclic amines) is 1. The molecule has 2 fully saturated rings. The molecule has 0 spiro atoms. The molecule has 0 saturated carbocycles. The second-order valence-electron chi connectivity index (χ2n) is 4.88. The van der Waals surface area contributed by atoms with Gasteiger partial charge in [-0.1, -0.05) is 0 Å². The van der Waals surface area contributed by atoms with Crippen LogP contribution in [0, 0.1) is 11.8 Å². The summed E-state index contributed by atoms with van der Waals surface area (Å²) in [6.07, 6.45) is 0. The van der Waals surface area contributed by atoms with Gasteiger partial charge in [0.05, 0.1) is 18.2 Å². The Morgan fingerprint density at radius 3 is 2.89 bits per heavy atom. The highest BCUT2D eigenvalue weighted by atomic mass is 32.1. The fourth-order valence-electron chi connectivity index (χ4n) is 2.91. The van der Waals surface area contributed by atoms with Gasteiger partial charge in [0.15, 0.2) is 0 Å². The summed E-state index contributed by atoms with van der Waals surface area (Å²) in [5.41, 5.74) is 0.976. The van der Waals surface area contributed by atoms with Crippen LogP contribution in [-0.4, -0.2) is 48.1 Å². The predicted molar refractivity (Wildman–Crippen MR) is 67.7 cm³/mol. The zero-order valence-electron chi connectivity index (χ0n) is 9.78. The van der Waals surface area contributed by atoms with Crippen LogP contribution >= 0.6 is 11.3 Å². The molecule has 1 aromatic rings. The first kappa shape index (κ1) is 11.7. The van der Waals surface area contributed by atoms with Crippen LogP contribution in [-0.2, 0) is 9.59 Å². The van der Waals surface area contributed by atoms with Crippen molar-refractivity contribution in [3.8, 4) is 0 Å². The van der Waals surface area contributed by atoms with E-state index in [0.717, 1.165) is 12.2 Å². The van der Waals surface area contributed by atoms with Crippen molar-refractivity contribution in [3.05, 3.63) is 16.8 Å². The van der Waals surface area contributed by atoms with E-state index < -0.39 is 5.97 Å². The monoisotopic (exact) mass is 266 g/mol. The average molecular weight is 266 g/mol. The van der Waals surface area contributed by atoms with Crippen LogP contribution in [0.3, 0.4) is 0 Å². The fourth-order valence-corrected chi connectivity index (χ4v) is 3.56. The first-order valence-electron chi connectivity index (χ1n) is 5.93. The number of nitrogens with zero attached hydrogens (tertiary/aromatic N) is 2. The summed E-state index contributed by atoms with van der Waals surface area (Å²) < 4.78 is 0. The minimum atomic E-state index is -0.822. The average Bonchev–Trinajstić information content (AvgIpc) is 2.96. The van der Waals surface area contributed by atoms with Crippen LogP contribution in [0.4, 0.5) is 5.69 Å².